The number of H-pyrrole nitrogens is 5. The number of esters is 4. The predicted octanol–water partition coefficient (Wildman–Crippen LogP) is 11.4. The van der Waals surface area contributed by atoms with Crippen LogP contribution in [0.2, 0.25) is 0 Å². The molecule has 5 N–H and O–H groups in total. The lowest BCUT2D eigenvalue weighted by molar-refractivity contribution is -0.144. The fraction of sp³-hybridized carbons (Fsp3) is 0.221. The van der Waals surface area contributed by atoms with E-state index in [0.29, 0.717) is 70.6 Å². The van der Waals surface area contributed by atoms with Crippen molar-refractivity contribution < 1.29 is 62.1 Å². The Balaban J connectivity index is 0.000000149. The van der Waals surface area contributed by atoms with Crippen molar-refractivity contribution in [3.05, 3.63) is 179 Å². The van der Waals surface area contributed by atoms with Crippen LogP contribution in [0.3, 0.4) is 0 Å². The molecule has 0 unspecified atom stereocenters. The molecule has 2 aliphatic rings. The normalized spacial score (nSPS) is 13.2. The highest BCUT2D eigenvalue weighted by atomic mass is 35.5. The standard InChI is InChI=1S/C28H25ClN2O4.C25H20N2O4.C15H15NO5/c29-12-3-4-13-35-25(34)11-10-17-6-5-8-19-21(16-31-28(17)19)27-24(33)14-23(32)26(27)20-15-30-22-9-2-1-7-18(20)22;1-31-22(30)10-9-14-5-4-7-16-18(13-27-25(14)16)24-21(29)11-20(28)23(24)17-12-26-19-8-3-2-6-15(17)19;1-20-12(17)7-6-9-4-3-5-10-11(8-16-13(9)10)14(18)15(19)21-2/h1-2,5-9,15-16,30-31H,3-4,10-14H2;2-8,12-13,26-27H,9-11H2,1H3;3-5,8,16H,6-7H2,1-2H3. The Hall–Kier alpha value is -10.2. The molecule has 0 radical (unpaired) electrons. The van der Waals surface area contributed by atoms with Gasteiger partial charge in [-0.3, -0.25) is 38.4 Å². The van der Waals surface area contributed by atoms with E-state index in [4.69, 9.17) is 21.1 Å². The smallest absolute Gasteiger partial charge is 0.379 e. The third-order valence-electron chi connectivity index (χ3n) is 15.6. The van der Waals surface area contributed by atoms with Gasteiger partial charge in [-0.25, -0.2) is 4.79 Å². The number of hydrogen-bond acceptors (Lipinski definition) is 13. The summed E-state index contributed by atoms with van der Waals surface area (Å²) in [6, 6.07) is 32.4. The van der Waals surface area contributed by atoms with E-state index in [2.05, 4.69) is 34.4 Å². The molecule has 5 heterocycles. The number of aryl methyl sites for hydroxylation is 3. The Morgan fingerprint density at radius 1 is 0.425 bits per heavy atom. The Labute approximate surface area is 502 Å². The fourth-order valence-electron chi connectivity index (χ4n) is 11.3. The van der Waals surface area contributed by atoms with Crippen LogP contribution in [0.25, 0.3) is 76.8 Å². The Kier molecular flexibility index (Phi) is 18.5. The fourth-order valence-corrected chi connectivity index (χ4v) is 11.5. The summed E-state index contributed by atoms with van der Waals surface area (Å²) in [7, 11) is 3.87. The van der Waals surface area contributed by atoms with Gasteiger partial charge < -0.3 is 43.9 Å². The van der Waals surface area contributed by atoms with Gasteiger partial charge in [0.05, 0.1) is 46.3 Å². The van der Waals surface area contributed by atoms with Gasteiger partial charge in [0.15, 0.2) is 23.1 Å². The van der Waals surface area contributed by atoms with Gasteiger partial charge >= 0.3 is 23.9 Å². The maximum absolute atomic E-state index is 13.0. The summed E-state index contributed by atoms with van der Waals surface area (Å²) in [6.45, 7) is 0.378. The lowest BCUT2D eigenvalue weighted by Crippen LogP contribution is -2.15. The Morgan fingerprint density at radius 2 is 0.805 bits per heavy atom. The third kappa shape index (κ3) is 12.5. The van der Waals surface area contributed by atoms with Crippen LogP contribution in [0, 0.1) is 0 Å². The Morgan fingerprint density at radius 3 is 1.24 bits per heavy atom. The molecule has 10 aromatic rings. The SMILES string of the molecule is COC(=O)CCc1cccc2c(C(=O)C(=O)OC)c[nH]c12.COC(=O)CCc1cccc2c(C3=C(c4c[nH]c5ccccc45)C(=O)CC3=O)c[nH]c12.O=C(CCc1cccc2c(C3=C(c4c[nH]c5ccccc45)C(=O)CC3=O)c[nH]c12)OCCCCCl. The number of aromatic nitrogens is 5. The second kappa shape index (κ2) is 26.8. The van der Waals surface area contributed by atoms with Gasteiger partial charge in [-0.1, -0.05) is 91.0 Å². The molecule has 0 spiro atoms. The van der Waals surface area contributed by atoms with Crippen LogP contribution in [-0.2, 0) is 76.6 Å². The van der Waals surface area contributed by atoms with Crippen molar-refractivity contribution in [2.75, 3.05) is 33.8 Å². The first-order valence-electron chi connectivity index (χ1n) is 28.2. The maximum Gasteiger partial charge on any atom is 0.379 e. The number of methoxy groups -OCH3 is 3. The molecule has 5 aromatic heterocycles. The first kappa shape index (κ1) is 59.9. The van der Waals surface area contributed by atoms with Gasteiger partial charge in [0.25, 0.3) is 5.78 Å². The Bertz CT molecular complexity index is 4450. The lowest BCUT2D eigenvalue weighted by atomic mass is 9.95. The van der Waals surface area contributed by atoms with E-state index in [0.717, 1.165) is 96.9 Å². The first-order chi connectivity index (χ1) is 42.2. The van der Waals surface area contributed by atoms with Crippen LogP contribution in [0.1, 0.15) is 94.2 Å². The van der Waals surface area contributed by atoms with Crippen molar-refractivity contribution in [1.82, 2.24) is 24.9 Å². The molecular weight excluding hydrogens is 1130 g/mol. The van der Waals surface area contributed by atoms with Crippen molar-refractivity contribution in [2.24, 2.45) is 0 Å². The molecule has 18 nitrogen and oxygen atoms in total. The summed E-state index contributed by atoms with van der Waals surface area (Å²) in [5, 5.41) is 4.17. The number of rotatable bonds is 19. The molecule has 0 fully saturated rings. The second-order valence-electron chi connectivity index (χ2n) is 20.8. The van der Waals surface area contributed by atoms with Gasteiger partial charge in [0.1, 0.15) is 0 Å². The van der Waals surface area contributed by atoms with Crippen LogP contribution in [0.5, 0.6) is 0 Å². The van der Waals surface area contributed by atoms with E-state index in [1.165, 1.54) is 20.4 Å². The highest BCUT2D eigenvalue weighted by Crippen LogP contribution is 2.43. The molecule has 12 rings (SSSR count). The van der Waals surface area contributed by atoms with Gasteiger partial charge in [0, 0.05) is 155 Å². The number of alkyl halides is 1. The number of ether oxygens (including phenoxy) is 4. The van der Waals surface area contributed by atoms with E-state index in [1.807, 2.05) is 91.0 Å². The zero-order valence-corrected chi connectivity index (χ0v) is 48.6. The molecule has 0 saturated carbocycles. The minimum Gasteiger partial charge on any atom is -0.469 e. The zero-order valence-electron chi connectivity index (χ0n) is 47.9. The van der Waals surface area contributed by atoms with E-state index >= 15 is 0 Å². The van der Waals surface area contributed by atoms with Gasteiger partial charge in [-0.05, 0) is 60.9 Å². The number of nitrogens with one attached hydrogen (secondary N) is 5. The van der Waals surface area contributed by atoms with Crippen molar-refractivity contribution in [3.63, 3.8) is 0 Å². The quantitative estimate of drug-likeness (QED) is 0.00960. The molecule has 0 atom stereocenters. The largest absolute Gasteiger partial charge is 0.469 e. The monoisotopic (exact) mass is 1190 g/mol. The first-order valence-corrected chi connectivity index (χ1v) is 28.8. The van der Waals surface area contributed by atoms with Crippen molar-refractivity contribution in [1.29, 1.82) is 0 Å². The average molecular weight is 1190 g/mol. The number of para-hydroxylation sites is 5. The number of carbonyl (C=O) groups is 9. The molecule has 5 aromatic carbocycles. The molecule has 19 heteroatoms. The van der Waals surface area contributed by atoms with E-state index in [9.17, 15) is 43.2 Å². The summed E-state index contributed by atoms with van der Waals surface area (Å²) in [5.74, 6) is -2.56. The third-order valence-corrected chi connectivity index (χ3v) is 15.8. The van der Waals surface area contributed by atoms with Crippen LogP contribution in [0.4, 0.5) is 0 Å². The summed E-state index contributed by atoms with van der Waals surface area (Å²) in [5.41, 5.74) is 12.1. The van der Waals surface area contributed by atoms with Crippen LogP contribution in [-0.4, -0.2) is 112 Å². The van der Waals surface area contributed by atoms with Crippen LogP contribution in [0.15, 0.2) is 134 Å². The summed E-state index contributed by atoms with van der Waals surface area (Å²) in [4.78, 5) is 126. The van der Waals surface area contributed by atoms with Crippen molar-refractivity contribution >= 4 is 141 Å². The summed E-state index contributed by atoms with van der Waals surface area (Å²) in [6.07, 6.45) is 12.2. The number of allylic oxidation sites excluding steroid dienone is 4. The van der Waals surface area contributed by atoms with Gasteiger partial charge in [-0.15, -0.1) is 11.6 Å². The number of benzene rings is 5. The topological polar surface area (TPSA) is 270 Å². The lowest BCUT2D eigenvalue weighted by Gasteiger charge is -2.07. The van der Waals surface area contributed by atoms with Gasteiger partial charge in [-0.2, -0.15) is 0 Å². The molecule has 0 saturated heterocycles. The van der Waals surface area contributed by atoms with E-state index in [1.54, 1.807) is 36.9 Å². The van der Waals surface area contributed by atoms with E-state index < -0.39 is 11.8 Å². The molecule has 87 heavy (non-hydrogen) atoms. The number of unbranched alkanes of at least 4 members (excludes halogenated alkanes) is 1. The minimum absolute atomic E-state index is 0.126. The van der Waals surface area contributed by atoms with Crippen LogP contribution >= 0.6 is 11.6 Å². The number of fused-ring (bicyclic) bond motifs is 5. The molecule has 0 amide bonds. The maximum atomic E-state index is 13.0. The predicted molar refractivity (Wildman–Crippen MR) is 331 cm³/mol. The number of Topliss-reactive ketones (excluding diaryl/α,β-unsaturated/α-hetero) is 5. The number of ketones is 5. The van der Waals surface area contributed by atoms with E-state index in [-0.39, 0.29) is 78.7 Å². The zero-order chi connectivity index (χ0) is 61.3. The van der Waals surface area contributed by atoms with Crippen molar-refractivity contribution in [3.8, 4) is 0 Å². The van der Waals surface area contributed by atoms with Crippen LogP contribution < -0.4 is 0 Å². The number of aromatic amines is 5. The number of hydrogen-bond donors (Lipinski definition) is 5. The molecule has 2 aliphatic carbocycles. The molecule has 0 bridgehead atoms. The van der Waals surface area contributed by atoms with Gasteiger partial charge in [0.2, 0.25) is 0 Å². The molecular formula is C68H60ClN5O13. The number of halogens is 1. The average Bonchev–Trinajstić information content (AvgIpc) is 1.87. The van der Waals surface area contributed by atoms with Crippen molar-refractivity contribution in [2.45, 2.75) is 64.2 Å². The highest BCUT2D eigenvalue weighted by Gasteiger charge is 2.36. The summed E-state index contributed by atoms with van der Waals surface area (Å²) < 4.78 is 19.1. The molecule has 0 aliphatic heterocycles. The summed E-state index contributed by atoms with van der Waals surface area (Å²) >= 11 is 5.65. The minimum atomic E-state index is -0.907. The number of carbonyl (C=O) groups excluding carboxylic acids is 9. The second-order valence-corrected chi connectivity index (χ2v) is 21.1. The molecule has 442 valence electrons. The highest BCUT2D eigenvalue weighted by molar-refractivity contribution is 6.53.